The highest BCUT2D eigenvalue weighted by Gasteiger charge is 2.13. The number of aromatic nitrogens is 1. The zero-order valence-corrected chi connectivity index (χ0v) is 15.3. The van der Waals surface area contributed by atoms with Gasteiger partial charge in [-0.2, -0.15) is 0 Å². The molecule has 0 fully saturated rings. The van der Waals surface area contributed by atoms with Crippen LogP contribution >= 0.6 is 0 Å². The highest BCUT2D eigenvalue weighted by atomic mass is 16.5. The summed E-state index contributed by atoms with van der Waals surface area (Å²) in [5.74, 6) is -1.03. The van der Waals surface area contributed by atoms with Crippen molar-refractivity contribution in [2.24, 2.45) is 10.7 Å². The van der Waals surface area contributed by atoms with Gasteiger partial charge in [-0.15, -0.1) is 0 Å². The molecule has 0 bridgehead atoms. The van der Waals surface area contributed by atoms with Crippen molar-refractivity contribution in [3.8, 4) is 0 Å². The minimum absolute atomic E-state index is 0.00122. The molecule has 3 N–H and O–H groups in total. The quantitative estimate of drug-likeness (QED) is 0.577. The predicted molar refractivity (Wildman–Crippen MR) is 103 cm³/mol. The Morgan fingerprint density at radius 2 is 1.81 bits per heavy atom. The van der Waals surface area contributed by atoms with Crippen LogP contribution in [0.2, 0.25) is 0 Å². The van der Waals surface area contributed by atoms with Gasteiger partial charge in [0.2, 0.25) is 0 Å². The molecule has 140 valence electrons. The lowest BCUT2D eigenvalue weighted by Crippen LogP contribution is -2.32. The molecule has 1 aromatic carbocycles. The van der Waals surface area contributed by atoms with Crippen molar-refractivity contribution in [3.63, 3.8) is 0 Å². The summed E-state index contributed by atoms with van der Waals surface area (Å²) in [5, 5.41) is 2.65. The Bertz CT molecular complexity index is 842. The number of hydrogen-bond donors (Lipinski definition) is 2. The first-order valence-electron chi connectivity index (χ1n) is 8.38. The van der Waals surface area contributed by atoms with Gasteiger partial charge in [0.1, 0.15) is 0 Å². The summed E-state index contributed by atoms with van der Waals surface area (Å²) in [4.78, 5) is 32.4. The van der Waals surface area contributed by atoms with Crippen LogP contribution < -0.4 is 11.1 Å². The van der Waals surface area contributed by atoms with E-state index in [4.69, 9.17) is 10.5 Å². The molecule has 1 aromatic heterocycles. The molecule has 0 atom stereocenters. The van der Waals surface area contributed by atoms with Crippen LogP contribution in [-0.2, 0) is 20.7 Å². The first-order valence-corrected chi connectivity index (χ1v) is 8.38. The molecule has 0 spiro atoms. The number of nitrogens with two attached hydrogens (primary N) is 1. The van der Waals surface area contributed by atoms with Crippen LogP contribution in [0.5, 0.6) is 0 Å². The number of ether oxygens (including phenoxy) is 1. The number of carbonyl (C=O) groups excluding carboxylic acids is 2. The number of amides is 1. The maximum absolute atomic E-state index is 12.1. The van der Waals surface area contributed by atoms with Gasteiger partial charge in [0.15, 0.2) is 6.61 Å². The van der Waals surface area contributed by atoms with Gasteiger partial charge in [0.05, 0.1) is 29.2 Å². The number of aliphatic imine (C=N–C) groups is 1. The number of nitrogens with one attached hydrogen (secondary N) is 1. The van der Waals surface area contributed by atoms with E-state index in [1.54, 1.807) is 38.2 Å². The van der Waals surface area contributed by atoms with E-state index in [2.05, 4.69) is 15.3 Å². The van der Waals surface area contributed by atoms with Gasteiger partial charge in [-0.3, -0.25) is 19.6 Å². The van der Waals surface area contributed by atoms with Crippen molar-refractivity contribution in [1.29, 1.82) is 0 Å². The monoisotopic (exact) mass is 366 g/mol. The highest BCUT2D eigenvalue weighted by molar-refractivity contribution is 6.03. The van der Waals surface area contributed by atoms with Gasteiger partial charge in [0.25, 0.3) is 5.91 Å². The van der Waals surface area contributed by atoms with Crippen LogP contribution in [0, 0.1) is 0 Å². The van der Waals surface area contributed by atoms with Crippen LogP contribution in [0.15, 0.2) is 71.1 Å². The van der Waals surface area contributed by atoms with E-state index in [9.17, 15) is 9.59 Å². The number of allylic oxidation sites excluding steroid dienone is 2. The molecule has 0 radical (unpaired) electrons. The lowest BCUT2D eigenvalue weighted by Gasteiger charge is -2.12. The predicted octanol–water partition coefficient (Wildman–Crippen LogP) is 2.27. The fourth-order valence-electron chi connectivity index (χ4n) is 2.25. The van der Waals surface area contributed by atoms with Crippen LogP contribution in [0.3, 0.4) is 0 Å². The van der Waals surface area contributed by atoms with Crippen molar-refractivity contribution in [3.05, 3.63) is 71.8 Å². The van der Waals surface area contributed by atoms with Crippen LogP contribution in [0.1, 0.15) is 19.5 Å². The summed E-state index contributed by atoms with van der Waals surface area (Å²) >= 11 is 0. The third-order valence-corrected chi connectivity index (χ3v) is 3.49. The number of rotatable bonds is 7. The topological polar surface area (TPSA) is 107 Å². The van der Waals surface area contributed by atoms with E-state index in [1.165, 1.54) is 0 Å². The molecule has 2 rings (SSSR count). The fourth-order valence-corrected chi connectivity index (χ4v) is 2.25. The van der Waals surface area contributed by atoms with Crippen LogP contribution in [-0.4, -0.2) is 29.2 Å². The van der Waals surface area contributed by atoms with Gasteiger partial charge < -0.3 is 15.8 Å². The molecule has 0 unspecified atom stereocenters. The Labute approximate surface area is 158 Å². The van der Waals surface area contributed by atoms with E-state index >= 15 is 0 Å². The molecule has 1 amide bonds. The van der Waals surface area contributed by atoms with Gasteiger partial charge in [-0.05, 0) is 38.1 Å². The van der Waals surface area contributed by atoms with Gasteiger partial charge in [-0.1, -0.05) is 24.3 Å². The molecule has 2 aromatic rings. The molecule has 7 heteroatoms. The molecule has 1 heterocycles. The molecule has 0 aliphatic carbocycles. The zero-order chi connectivity index (χ0) is 19.6. The first kappa shape index (κ1) is 19.8. The lowest BCUT2D eigenvalue weighted by molar-refractivity contribution is -0.147. The van der Waals surface area contributed by atoms with E-state index in [1.807, 2.05) is 30.3 Å². The van der Waals surface area contributed by atoms with Crippen molar-refractivity contribution >= 4 is 23.3 Å². The highest BCUT2D eigenvalue weighted by Crippen LogP contribution is 2.12. The molecule has 0 aliphatic rings. The SMILES string of the molecule is CC(=Nc1ccccc1)C(NC(=O)COC(=O)Cc1ccccn1)=C(C)N. The standard InChI is InChI=1S/C20H22N4O3/c1-14(21)20(15(2)23-16-8-4-3-5-9-16)24-18(25)13-27-19(26)12-17-10-6-7-11-22-17/h3-11H,12-13,21H2,1-2H3,(H,24,25). The van der Waals surface area contributed by atoms with E-state index in [0.717, 1.165) is 5.69 Å². The summed E-state index contributed by atoms with van der Waals surface area (Å²) < 4.78 is 4.99. The zero-order valence-electron chi connectivity index (χ0n) is 15.3. The van der Waals surface area contributed by atoms with E-state index in [-0.39, 0.29) is 6.42 Å². The Morgan fingerprint density at radius 1 is 1.11 bits per heavy atom. The normalized spacial score (nSPS) is 12.1. The molecule has 0 saturated heterocycles. The molecule has 7 nitrogen and oxygen atoms in total. The third-order valence-electron chi connectivity index (χ3n) is 3.49. The minimum atomic E-state index is -0.534. The number of benzene rings is 1. The summed E-state index contributed by atoms with van der Waals surface area (Å²) in [5.41, 5.74) is 8.53. The maximum atomic E-state index is 12.1. The number of carbonyl (C=O) groups is 2. The molecule has 27 heavy (non-hydrogen) atoms. The number of esters is 1. The molecular formula is C20H22N4O3. The third kappa shape index (κ3) is 6.74. The smallest absolute Gasteiger partial charge is 0.312 e. The van der Waals surface area contributed by atoms with Gasteiger partial charge in [0, 0.05) is 11.9 Å². The average Bonchev–Trinajstić information content (AvgIpc) is 2.65. The van der Waals surface area contributed by atoms with Crippen molar-refractivity contribution in [2.75, 3.05) is 6.61 Å². The summed E-state index contributed by atoms with van der Waals surface area (Å²) in [6.07, 6.45) is 1.59. The van der Waals surface area contributed by atoms with Gasteiger partial charge in [-0.25, -0.2) is 0 Å². The molecular weight excluding hydrogens is 344 g/mol. The van der Waals surface area contributed by atoms with Crippen molar-refractivity contribution < 1.29 is 14.3 Å². The van der Waals surface area contributed by atoms with E-state index in [0.29, 0.717) is 22.8 Å². The maximum Gasteiger partial charge on any atom is 0.312 e. The number of hydrogen-bond acceptors (Lipinski definition) is 6. The number of para-hydroxylation sites is 1. The largest absolute Gasteiger partial charge is 0.455 e. The number of pyridine rings is 1. The second kappa shape index (κ2) is 9.86. The summed E-state index contributed by atoms with van der Waals surface area (Å²) in [7, 11) is 0. The second-order valence-electron chi connectivity index (χ2n) is 5.80. The van der Waals surface area contributed by atoms with Crippen molar-refractivity contribution in [1.82, 2.24) is 10.3 Å². The van der Waals surface area contributed by atoms with Gasteiger partial charge >= 0.3 is 5.97 Å². The van der Waals surface area contributed by atoms with E-state index < -0.39 is 18.5 Å². The Balaban J connectivity index is 1.92. The minimum Gasteiger partial charge on any atom is -0.455 e. The summed E-state index contributed by atoms with van der Waals surface area (Å²) in [6.45, 7) is 2.99. The summed E-state index contributed by atoms with van der Waals surface area (Å²) in [6, 6.07) is 14.5. The average molecular weight is 366 g/mol. The van der Waals surface area contributed by atoms with Crippen LogP contribution in [0.25, 0.3) is 0 Å². The lowest BCUT2D eigenvalue weighted by atomic mass is 10.2. The van der Waals surface area contributed by atoms with Crippen molar-refractivity contribution in [2.45, 2.75) is 20.3 Å². The Morgan fingerprint density at radius 3 is 2.44 bits per heavy atom. The van der Waals surface area contributed by atoms with Crippen LogP contribution in [0.4, 0.5) is 5.69 Å². The first-order chi connectivity index (χ1) is 13.0. The fraction of sp³-hybridized carbons (Fsp3) is 0.200. The molecule has 0 aliphatic heterocycles. The number of nitrogens with zero attached hydrogens (tertiary/aromatic N) is 2. The second-order valence-corrected chi connectivity index (χ2v) is 5.80. The Kier molecular flexibility index (Phi) is 7.25. The Hall–Kier alpha value is -3.48. The molecule has 0 saturated carbocycles.